The highest BCUT2D eigenvalue weighted by atomic mass is 16.5. The summed E-state index contributed by atoms with van der Waals surface area (Å²) in [4.78, 5) is 16.0. The van der Waals surface area contributed by atoms with Crippen molar-refractivity contribution in [3.63, 3.8) is 0 Å². The molecule has 0 radical (unpaired) electrons. The third-order valence-electron chi connectivity index (χ3n) is 3.12. The van der Waals surface area contributed by atoms with Gasteiger partial charge in [0.05, 0.1) is 5.69 Å². The SMILES string of the molecule is CNC(=O)c1cccc(OCc2cn3ccccc3n2)c1. The third kappa shape index (κ3) is 2.86. The number of carbonyl (C=O) groups excluding carboxylic acids is 1. The predicted octanol–water partition coefficient (Wildman–Crippen LogP) is 2.27. The minimum atomic E-state index is -0.131. The summed E-state index contributed by atoms with van der Waals surface area (Å²) in [6, 6.07) is 12.9. The highest BCUT2D eigenvalue weighted by molar-refractivity contribution is 5.94. The van der Waals surface area contributed by atoms with Crippen molar-refractivity contribution in [3.05, 3.63) is 66.1 Å². The van der Waals surface area contributed by atoms with Crippen molar-refractivity contribution in [2.45, 2.75) is 6.61 Å². The number of hydrogen-bond acceptors (Lipinski definition) is 3. The smallest absolute Gasteiger partial charge is 0.251 e. The molecule has 21 heavy (non-hydrogen) atoms. The first-order chi connectivity index (χ1) is 10.3. The summed E-state index contributed by atoms with van der Waals surface area (Å²) in [6.07, 6.45) is 3.87. The van der Waals surface area contributed by atoms with Crippen LogP contribution in [-0.4, -0.2) is 22.3 Å². The number of pyridine rings is 1. The first-order valence-electron chi connectivity index (χ1n) is 6.64. The number of rotatable bonds is 4. The van der Waals surface area contributed by atoms with Crippen LogP contribution in [0.5, 0.6) is 5.75 Å². The van der Waals surface area contributed by atoms with Gasteiger partial charge in [-0.2, -0.15) is 0 Å². The zero-order valence-corrected chi connectivity index (χ0v) is 11.6. The fourth-order valence-electron chi connectivity index (χ4n) is 2.09. The summed E-state index contributed by atoms with van der Waals surface area (Å²) in [6.45, 7) is 0.360. The van der Waals surface area contributed by atoms with Crippen LogP contribution in [0.15, 0.2) is 54.9 Å². The molecular weight excluding hydrogens is 266 g/mol. The van der Waals surface area contributed by atoms with Gasteiger partial charge in [-0.3, -0.25) is 4.79 Å². The maximum absolute atomic E-state index is 11.6. The Morgan fingerprint density at radius 1 is 1.29 bits per heavy atom. The molecule has 0 saturated carbocycles. The van der Waals surface area contributed by atoms with Crippen LogP contribution in [0.4, 0.5) is 0 Å². The third-order valence-corrected chi connectivity index (χ3v) is 3.12. The van der Waals surface area contributed by atoms with Crippen LogP contribution in [0, 0.1) is 0 Å². The normalized spacial score (nSPS) is 10.5. The van der Waals surface area contributed by atoms with Gasteiger partial charge in [-0.05, 0) is 30.3 Å². The Bertz CT molecular complexity index is 747. The van der Waals surface area contributed by atoms with E-state index >= 15 is 0 Å². The number of nitrogens with zero attached hydrogens (tertiary/aromatic N) is 2. The summed E-state index contributed by atoms with van der Waals surface area (Å²) in [5.41, 5.74) is 2.30. The molecule has 1 amide bonds. The Morgan fingerprint density at radius 3 is 3.00 bits per heavy atom. The molecule has 2 heterocycles. The topological polar surface area (TPSA) is 55.6 Å². The van der Waals surface area contributed by atoms with E-state index in [9.17, 15) is 4.79 Å². The van der Waals surface area contributed by atoms with E-state index in [0.717, 1.165) is 11.3 Å². The fraction of sp³-hybridized carbons (Fsp3) is 0.125. The minimum Gasteiger partial charge on any atom is -0.487 e. The number of carbonyl (C=O) groups is 1. The average molecular weight is 281 g/mol. The Hall–Kier alpha value is -2.82. The monoisotopic (exact) mass is 281 g/mol. The van der Waals surface area contributed by atoms with E-state index in [4.69, 9.17) is 4.74 Å². The van der Waals surface area contributed by atoms with Crippen molar-refractivity contribution >= 4 is 11.6 Å². The minimum absolute atomic E-state index is 0.131. The molecule has 1 aromatic carbocycles. The standard InChI is InChI=1S/C16H15N3O2/c1-17-16(20)12-5-4-6-14(9-12)21-11-13-10-19-8-3-2-7-15(19)18-13/h2-10H,11H2,1H3,(H,17,20). The Morgan fingerprint density at radius 2 is 2.19 bits per heavy atom. The van der Waals surface area contributed by atoms with E-state index < -0.39 is 0 Å². The summed E-state index contributed by atoms with van der Waals surface area (Å²) in [7, 11) is 1.60. The molecule has 2 aromatic heterocycles. The summed E-state index contributed by atoms with van der Waals surface area (Å²) in [5, 5.41) is 2.59. The van der Waals surface area contributed by atoms with Gasteiger partial charge in [-0.15, -0.1) is 0 Å². The van der Waals surface area contributed by atoms with Crippen molar-refractivity contribution < 1.29 is 9.53 Å². The van der Waals surface area contributed by atoms with Gasteiger partial charge < -0.3 is 14.5 Å². The summed E-state index contributed by atoms with van der Waals surface area (Å²) >= 11 is 0. The second-order valence-electron chi connectivity index (χ2n) is 4.59. The molecule has 0 atom stereocenters. The van der Waals surface area contributed by atoms with E-state index in [0.29, 0.717) is 17.9 Å². The van der Waals surface area contributed by atoms with Crippen molar-refractivity contribution in [1.82, 2.24) is 14.7 Å². The van der Waals surface area contributed by atoms with Crippen molar-refractivity contribution in [3.8, 4) is 5.75 Å². The maximum atomic E-state index is 11.6. The molecule has 0 fully saturated rings. The average Bonchev–Trinajstić information content (AvgIpc) is 2.95. The highest BCUT2D eigenvalue weighted by Gasteiger charge is 2.06. The summed E-state index contributed by atoms with van der Waals surface area (Å²) < 4.78 is 7.65. The molecule has 0 bridgehead atoms. The van der Waals surface area contributed by atoms with Crippen LogP contribution in [0.2, 0.25) is 0 Å². The van der Waals surface area contributed by atoms with Gasteiger partial charge >= 0.3 is 0 Å². The molecule has 0 aliphatic carbocycles. The summed E-state index contributed by atoms with van der Waals surface area (Å²) in [5.74, 6) is 0.515. The molecular formula is C16H15N3O2. The lowest BCUT2D eigenvalue weighted by Gasteiger charge is -2.06. The van der Waals surface area contributed by atoms with Crippen LogP contribution in [0.1, 0.15) is 16.1 Å². The molecule has 0 saturated heterocycles. The van der Waals surface area contributed by atoms with Gasteiger partial charge in [0.15, 0.2) is 0 Å². The Labute approximate surface area is 122 Å². The van der Waals surface area contributed by atoms with Crippen molar-refractivity contribution in [2.24, 2.45) is 0 Å². The first-order valence-corrected chi connectivity index (χ1v) is 6.64. The molecule has 3 rings (SSSR count). The van der Waals surface area contributed by atoms with Crippen molar-refractivity contribution in [1.29, 1.82) is 0 Å². The number of benzene rings is 1. The molecule has 106 valence electrons. The number of ether oxygens (including phenoxy) is 1. The van der Waals surface area contributed by atoms with Crippen LogP contribution in [-0.2, 0) is 6.61 Å². The molecule has 1 N–H and O–H groups in total. The lowest BCUT2D eigenvalue weighted by molar-refractivity contribution is 0.0962. The largest absolute Gasteiger partial charge is 0.487 e. The zero-order chi connectivity index (χ0) is 14.7. The number of hydrogen-bond donors (Lipinski definition) is 1. The molecule has 5 heteroatoms. The second-order valence-corrected chi connectivity index (χ2v) is 4.59. The van der Waals surface area contributed by atoms with E-state index in [2.05, 4.69) is 10.3 Å². The number of imidazole rings is 1. The Kier molecular flexibility index (Phi) is 3.55. The maximum Gasteiger partial charge on any atom is 0.251 e. The number of nitrogens with one attached hydrogen (secondary N) is 1. The Balaban J connectivity index is 1.73. The number of amides is 1. The van der Waals surface area contributed by atoms with E-state index in [1.807, 2.05) is 41.1 Å². The predicted molar refractivity (Wildman–Crippen MR) is 79.4 cm³/mol. The molecule has 0 aliphatic rings. The van der Waals surface area contributed by atoms with Gasteiger partial charge in [0.25, 0.3) is 5.91 Å². The molecule has 5 nitrogen and oxygen atoms in total. The second kappa shape index (κ2) is 5.66. The zero-order valence-electron chi connectivity index (χ0n) is 11.6. The van der Waals surface area contributed by atoms with Gasteiger partial charge in [0, 0.05) is 25.0 Å². The van der Waals surface area contributed by atoms with Gasteiger partial charge in [0.2, 0.25) is 0 Å². The molecule has 0 aliphatic heterocycles. The molecule has 0 unspecified atom stereocenters. The van der Waals surface area contributed by atoms with E-state index in [1.54, 1.807) is 25.2 Å². The van der Waals surface area contributed by atoms with Gasteiger partial charge in [-0.1, -0.05) is 12.1 Å². The fourth-order valence-corrected chi connectivity index (χ4v) is 2.09. The quantitative estimate of drug-likeness (QED) is 0.798. The molecule has 3 aromatic rings. The van der Waals surface area contributed by atoms with Crippen molar-refractivity contribution in [2.75, 3.05) is 7.05 Å². The molecule has 0 spiro atoms. The van der Waals surface area contributed by atoms with Crippen LogP contribution < -0.4 is 10.1 Å². The van der Waals surface area contributed by atoms with Crippen LogP contribution >= 0.6 is 0 Å². The number of fused-ring (bicyclic) bond motifs is 1. The van der Waals surface area contributed by atoms with E-state index in [-0.39, 0.29) is 5.91 Å². The highest BCUT2D eigenvalue weighted by Crippen LogP contribution is 2.15. The van der Waals surface area contributed by atoms with Crippen LogP contribution in [0.3, 0.4) is 0 Å². The van der Waals surface area contributed by atoms with Gasteiger partial charge in [0.1, 0.15) is 18.0 Å². The van der Waals surface area contributed by atoms with E-state index in [1.165, 1.54) is 0 Å². The first kappa shape index (κ1) is 13.2. The lowest BCUT2D eigenvalue weighted by atomic mass is 10.2. The van der Waals surface area contributed by atoms with Gasteiger partial charge in [-0.25, -0.2) is 4.98 Å². The van der Waals surface area contributed by atoms with Crippen LogP contribution in [0.25, 0.3) is 5.65 Å². The lowest BCUT2D eigenvalue weighted by Crippen LogP contribution is -2.17. The number of aromatic nitrogens is 2.